The predicted molar refractivity (Wildman–Crippen MR) is 127 cm³/mol. The van der Waals surface area contributed by atoms with Gasteiger partial charge in [0.1, 0.15) is 23.0 Å². The number of nitrogens with zero attached hydrogens (tertiary/aromatic N) is 3. The Labute approximate surface area is 190 Å². The van der Waals surface area contributed by atoms with Crippen LogP contribution in [0.2, 0.25) is 0 Å². The quantitative estimate of drug-likeness (QED) is 0.341. The standard InChI is InChI=1S/C25H25N5O3/c1-11(2)23-18(7-15(10-31)28-23)24-22-16-9-20(32-6)17(21-12(3)30-33-13(21)4)8-19(16)29-25(22)27-14(5)26-24/h7-11,28H,1-6H3,(H,26,27,29). The molecule has 1 aromatic carbocycles. The summed E-state index contributed by atoms with van der Waals surface area (Å²) in [7, 11) is 1.65. The number of H-pyrrole nitrogens is 2. The Morgan fingerprint density at radius 1 is 1.06 bits per heavy atom. The first-order valence-electron chi connectivity index (χ1n) is 10.8. The van der Waals surface area contributed by atoms with Crippen molar-refractivity contribution in [3.63, 3.8) is 0 Å². The van der Waals surface area contributed by atoms with E-state index in [1.807, 2.05) is 39.0 Å². The molecule has 4 heterocycles. The molecule has 0 aliphatic heterocycles. The second-order valence-electron chi connectivity index (χ2n) is 8.59. The maximum absolute atomic E-state index is 11.5. The third-order valence-corrected chi connectivity index (χ3v) is 6.01. The maximum Gasteiger partial charge on any atom is 0.166 e. The average Bonchev–Trinajstić information content (AvgIpc) is 3.46. The van der Waals surface area contributed by atoms with E-state index in [0.29, 0.717) is 17.3 Å². The minimum absolute atomic E-state index is 0.185. The van der Waals surface area contributed by atoms with E-state index in [1.165, 1.54) is 0 Å². The van der Waals surface area contributed by atoms with Gasteiger partial charge in [-0.15, -0.1) is 0 Å². The normalized spacial score (nSPS) is 11.7. The van der Waals surface area contributed by atoms with Crippen molar-refractivity contribution in [1.29, 1.82) is 0 Å². The lowest BCUT2D eigenvalue weighted by Crippen LogP contribution is -1.96. The molecule has 0 aliphatic carbocycles. The third kappa shape index (κ3) is 3.21. The highest BCUT2D eigenvalue weighted by Crippen LogP contribution is 2.42. The van der Waals surface area contributed by atoms with Crippen LogP contribution in [-0.2, 0) is 0 Å². The van der Waals surface area contributed by atoms with Crippen molar-refractivity contribution < 1.29 is 14.1 Å². The largest absolute Gasteiger partial charge is 0.496 e. The van der Waals surface area contributed by atoms with Gasteiger partial charge in [-0.25, -0.2) is 9.97 Å². The molecular weight excluding hydrogens is 418 g/mol. The molecule has 5 aromatic rings. The second-order valence-corrected chi connectivity index (χ2v) is 8.59. The van der Waals surface area contributed by atoms with E-state index in [2.05, 4.69) is 34.0 Å². The van der Waals surface area contributed by atoms with Crippen LogP contribution in [0.1, 0.15) is 53.2 Å². The number of methoxy groups -OCH3 is 1. The molecule has 4 aromatic heterocycles. The summed E-state index contributed by atoms with van der Waals surface area (Å²) in [5.74, 6) is 2.26. The van der Waals surface area contributed by atoms with E-state index >= 15 is 0 Å². The van der Waals surface area contributed by atoms with Gasteiger partial charge < -0.3 is 19.2 Å². The van der Waals surface area contributed by atoms with Crippen LogP contribution in [-0.4, -0.2) is 38.5 Å². The molecule has 168 valence electrons. The van der Waals surface area contributed by atoms with E-state index in [9.17, 15) is 4.79 Å². The minimum atomic E-state index is 0.185. The Balaban J connectivity index is 1.86. The van der Waals surface area contributed by atoms with Crippen LogP contribution in [0, 0.1) is 20.8 Å². The van der Waals surface area contributed by atoms with Gasteiger partial charge in [0.2, 0.25) is 0 Å². The van der Waals surface area contributed by atoms with Gasteiger partial charge in [-0.3, -0.25) is 4.79 Å². The molecule has 0 saturated heterocycles. The molecule has 0 bridgehead atoms. The number of benzene rings is 1. The van der Waals surface area contributed by atoms with E-state index in [0.717, 1.165) is 67.8 Å². The lowest BCUT2D eigenvalue weighted by Gasteiger charge is -2.10. The first kappa shape index (κ1) is 20.9. The van der Waals surface area contributed by atoms with Crippen molar-refractivity contribution >= 4 is 28.2 Å². The van der Waals surface area contributed by atoms with Gasteiger partial charge in [0.25, 0.3) is 0 Å². The number of aldehydes is 1. The smallest absolute Gasteiger partial charge is 0.166 e. The number of rotatable bonds is 5. The lowest BCUT2D eigenvalue weighted by atomic mass is 9.98. The fourth-order valence-electron chi connectivity index (χ4n) is 4.57. The van der Waals surface area contributed by atoms with E-state index in [-0.39, 0.29) is 5.92 Å². The number of carbonyl (C=O) groups excluding carboxylic acids is 1. The van der Waals surface area contributed by atoms with Crippen LogP contribution in [0.15, 0.2) is 22.7 Å². The van der Waals surface area contributed by atoms with Crippen LogP contribution in [0.4, 0.5) is 0 Å². The first-order valence-corrected chi connectivity index (χ1v) is 10.8. The summed E-state index contributed by atoms with van der Waals surface area (Å²) in [5.41, 5.74) is 7.41. The van der Waals surface area contributed by atoms with Crippen molar-refractivity contribution in [2.24, 2.45) is 0 Å². The molecule has 0 fully saturated rings. The van der Waals surface area contributed by atoms with E-state index in [1.54, 1.807) is 7.11 Å². The first-order chi connectivity index (χ1) is 15.8. The Kier molecular flexibility index (Phi) is 4.81. The van der Waals surface area contributed by atoms with Gasteiger partial charge >= 0.3 is 0 Å². The summed E-state index contributed by atoms with van der Waals surface area (Å²) >= 11 is 0. The van der Waals surface area contributed by atoms with Crippen LogP contribution in [0.25, 0.3) is 44.3 Å². The molecule has 0 radical (unpaired) electrons. The summed E-state index contributed by atoms with van der Waals surface area (Å²) in [4.78, 5) is 27.7. The van der Waals surface area contributed by atoms with Gasteiger partial charge in [-0.05, 0) is 44.9 Å². The van der Waals surface area contributed by atoms with Crippen LogP contribution >= 0.6 is 0 Å². The molecule has 5 rings (SSSR count). The number of aromatic amines is 2. The Morgan fingerprint density at radius 3 is 2.48 bits per heavy atom. The number of carbonyl (C=O) groups is 1. The van der Waals surface area contributed by atoms with Gasteiger partial charge in [0, 0.05) is 27.7 Å². The summed E-state index contributed by atoms with van der Waals surface area (Å²) in [6.07, 6.45) is 0.828. The molecule has 0 unspecified atom stereocenters. The van der Waals surface area contributed by atoms with Gasteiger partial charge in [0.05, 0.1) is 35.1 Å². The maximum atomic E-state index is 11.5. The zero-order chi connectivity index (χ0) is 23.4. The molecule has 33 heavy (non-hydrogen) atoms. The number of aromatic nitrogens is 5. The van der Waals surface area contributed by atoms with Crippen molar-refractivity contribution in [3.05, 3.63) is 46.9 Å². The van der Waals surface area contributed by atoms with Crippen LogP contribution in [0.3, 0.4) is 0 Å². The number of hydrogen-bond donors (Lipinski definition) is 2. The summed E-state index contributed by atoms with van der Waals surface area (Å²) in [5, 5.41) is 5.92. The van der Waals surface area contributed by atoms with Gasteiger partial charge in [-0.1, -0.05) is 19.0 Å². The number of fused-ring (bicyclic) bond motifs is 3. The van der Waals surface area contributed by atoms with Crippen LogP contribution < -0.4 is 4.74 Å². The second kappa shape index (κ2) is 7.58. The predicted octanol–water partition coefficient (Wildman–Crippen LogP) is 5.63. The fourth-order valence-corrected chi connectivity index (χ4v) is 4.57. The lowest BCUT2D eigenvalue weighted by molar-refractivity contribution is 0.111. The zero-order valence-corrected chi connectivity index (χ0v) is 19.5. The highest BCUT2D eigenvalue weighted by atomic mass is 16.5. The Hall–Kier alpha value is -3.94. The van der Waals surface area contributed by atoms with Crippen molar-refractivity contribution in [1.82, 2.24) is 25.1 Å². The summed E-state index contributed by atoms with van der Waals surface area (Å²) < 4.78 is 11.2. The SMILES string of the molecule is COc1cc2c(cc1-c1c(C)noc1C)[nH]c1nc(C)nc(-c3cc(C=O)[nH]c3C(C)C)c12. The highest BCUT2D eigenvalue weighted by Gasteiger charge is 2.23. The fraction of sp³-hybridized carbons (Fsp3) is 0.280. The summed E-state index contributed by atoms with van der Waals surface area (Å²) in [6.45, 7) is 9.85. The Morgan fingerprint density at radius 2 is 1.85 bits per heavy atom. The highest BCUT2D eigenvalue weighted by molar-refractivity contribution is 6.14. The number of ether oxygens (including phenoxy) is 1. The van der Waals surface area contributed by atoms with E-state index in [4.69, 9.17) is 14.2 Å². The Bertz CT molecular complexity index is 1520. The molecule has 8 nitrogen and oxygen atoms in total. The number of nitrogens with one attached hydrogen (secondary N) is 2. The number of aryl methyl sites for hydroxylation is 3. The van der Waals surface area contributed by atoms with Crippen molar-refractivity contribution in [2.45, 2.75) is 40.5 Å². The minimum Gasteiger partial charge on any atom is -0.496 e. The summed E-state index contributed by atoms with van der Waals surface area (Å²) in [6, 6.07) is 5.90. The average molecular weight is 444 g/mol. The molecule has 8 heteroatoms. The van der Waals surface area contributed by atoms with Gasteiger partial charge in [-0.2, -0.15) is 0 Å². The topological polar surface area (TPSA) is 110 Å². The molecule has 0 saturated carbocycles. The molecule has 0 spiro atoms. The van der Waals surface area contributed by atoms with Crippen molar-refractivity contribution in [2.75, 3.05) is 7.11 Å². The van der Waals surface area contributed by atoms with E-state index < -0.39 is 0 Å². The molecular formula is C25H25N5O3. The molecule has 0 amide bonds. The third-order valence-electron chi connectivity index (χ3n) is 6.01. The van der Waals surface area contributed by atoms with Crippen molar-refractivity contribution in [3.8, 4) is 28.1 Å². The zero-order valence-electron chi connectivity index (χ0n) is 19.5. The molecule has 0 aliphatic rings. The van der Waals surface area contributed by atoms with Crippen LogP contribution in [0.5, 0.6) is 5.75 Å². The number of hydrogen-bond acceptors (Lipinski definition) is 6. The molecule has 2 N–H and O–H groups in total. The molecule has 0 atom stereocenters. The monoisotopic (exact) mass is 443 g/mol. The van der Waals surface area contributed by atoms with Gasteiger partial charge in [0.15, 0.2) is 6.29 Å².